The normalized spacial score (nSPS) is 18.4. The maximum Gasteiger partial charge on any atom is 0.367 e. The van der Waals surface area contributed by atoms with Crippen LogP contribution in [0.2, 0.25) is 0 Å². The maximum atomic E-state index is 12.2. The van der Waals surface area contributed by atoms with Gasteiger partial charge < -0.3 is 14.4 Å². The number of carbonyl (C=O) groups is 2. The summed E-state index contributed by atoms with van der Waals surface area (Å²) in [5.74, 6) is -0.839. The minimum Gasteiger partial charge on any atom is -0.461 e. The molecule has 2 rings (SSSR count). The summed E-state index contributed by atoms with van der Waals surface area (Å²) in [5.41, 5.74) is 0.191. The SMILES string of the molecule is CCOC(=O)c1nc(C(=O)N2CCOC(C#N)C2)cs1. The molecule has 8 heteroatoms. The molecule has 1 unspecified atom stereocenters. The summed E-state index contributed by atoms with van der Waals surface area (Å²) in [5, 5.41) is 10.5. The van der Waals surface area contributed by atoms with Gasteiger partial charge in [0.25, 0.3) is 5.91 Å². The Bertz CT molecular complexity index is 551. The van der Waals surface area contributed by atoms with E-state index in [0.717, 1.165) is 11.3 Å². The topological polar surface area (TPSA) is 92.5 Å². The van der Waals surface area contributed by atoms with E-state index in [9.17, 15) is 9.59 Å². The summed E-state index contributed by atoms with van der Waals surface area (Å²) in [6.45, 7) is 2.89. The molecule has 106 valence electrons. The predicted molar refractivity (Wildman–Crippen MR) is 69.3 cm³/mol. The van der Waals surface area contributed by atoms with Crippen LogP contribution in [-0.4, -0.2) is 54.2 Å². The fraction of sp³-hybridized carbons (Fsp3) is 0.500. The maximum absolute atomic E-state index is 12.2. The van der Waals surface area contributed by atoms with E-state index < -0.39 is 12.1 Å². The molecule has 1 aromatic heterocycles. The standard InChI is InChI=1S/C12H13N3O4S/c1-2-18-12(17)10-14-9(7-20-10)11(16)15-3-4-19-8(5-13)6-15/h7-8H,2-4,6H2,1H3. The van der Waals surface area contributed by atoms with Crippen molar-refractivity contribution in [1.29, 1.82) is 5.26 Å². The van der Waals surface area contributed by atoms with Crippen molar-refractivity contribution in [3.63, 3.8) is 0 Å². The molecule has 7 nitrogen and oxygen atoms in total. The first-order chi connectivity index (χ1) is 9.65. The van der Waals surface area contributed by atoms with Crippen molar-refractivity contribution in [2.75, 3.05) is 26.3 Å². The third-order valence-electron chi connectivity index (χ3n) is 2.67. The van der Waals surface area contributed by atoms with Crippen molar-refractivity contribution in [2.24, 2.45) is 0 Å². The number of amides is 1. The Kier molecular flexibility index (Phi) is 4.65. The van der Waals surface area contributed by atoms with Gasteiger partial charge in [0.15, 0.2) is 6.10 Å². The van der Waals surface area contributed by atoms with Crippen molar-refractivity contribution in [1.82, 2.24) is 9.88 Å². The van der Waals surface area contributed by atoms with Gasteiger partial charge in [-0.2, -0.15) is 5.26 Å². The Morgan fingerprint density at radius 2 is 2.50 bits per heavy atom. The second kappa shape index (κ2) is 6.45. The molecule has 0 N–H and O–H groups in total. The molecule has 0 radical (unpaired) electrons. The number of nitrogens with zero attached hydrogens (tertiary/aromatic N) is 3. The van der Waals surface area contributed by atoms with E-state index in [4.69, 9.17) is 14.7 Å². The minimum atomic E-state index is -0.615. The van der Waals surface area contributed by atoms with Crippen molar-refractivity contribution in [2.45, 2.75) is 13.0 Å². The highest BCUT2D eigenvalue weighted by Crippen LogP contribution is 2.15. The van der Waals surface area contributed by atoms with E-state index >= 15 is 0 Å². The summed E-state index contributed by atoms with van der Waals surface area (Å²) in [6, 6.07) is 1.97. The number of hydrogen-bond donors (Lipinski definition) is 0. The average Bonchev–Trinajstić information content (AvgIpc) is 2.96. The molecule has 0 aliphatic carbocycles. The molecular formula is C12H13N3O4S. The number of thiazole rings is 1. The first kappa shape index (κ1) is 14.4. The van der Waals surface area contributed by atoms with Crippen LogP contribution >= 0.6 is 11.3 Å². The second-order valence-corrected chi connectivity index (χ2v) is 4.86. The van der Waals surface area contributed by atoms with Crippen LogP contribution in [0.3, 0.4) is 0 Å². The molecule has 1 amide bonds. The van der Waals surface area contributed by atoms with Gasteiger partial charge in [-0.25, -0.2) is 9.78 Å². The molecule has 1 aliphatic rings. The smallest absolute Gasteiger partial charge is 0.367 e. The molecule has 20 heavy (non-hydrogen) atoms. The van der Waals surface area contributed by atoms with Crippen LogP contribution in [0, 0.1) is 11.3 Å². The highest BCUT2D eigenvalue weighted by Gasteiger charge is 2.27. The summed E-state index contributed by atoms with van der Waals surface area (Å²) in [6.07, 6.45) is -0.615. The molecule has 1 aromatic rings. The number of hydrogen-bond acceptors (Lipinski definition) is 7. The van der Waals surface area contributed by atoms with Gasteiger partial charge in [0.05, 0.1) is 25.8 Å². The van der Waals surface area contributed by atoms with Crippen LogP contribution in [0.5, 0.6) is 0 Å². The van der Waals surface area contributed by atoms with Crippen molar-refractivity contribution < 1.29 is 19.1 Å². The predicted octanol–water partition coefficient (Wildman–Crippen LogP) is 0.684. The molecule has 2 heterocycles. The van der Waals surface area contributed by atoms with E-state index in [1.807, 2.05) is 6.07 Å². The number of carbonyl (C=O) groups excluding carboxylic acids is 2. The third-order valence-corrected chi connectivity index (χ3v) is 3.49. The van der Waals surface area contributed by atoms with Gasteiger partial charge in [0.2, 0.25) is 5.01 Å². The Hall–Kier alpha value is -1.98. The lowest BCUT2D eigenvalue weighted by molar-refractivity contribution is 0.00322. The van der Waals surface area contributed by atoms with Crippen LogP contribution in [0.25, 0.3) is 0 Å². The fourth-order valence-electron chi connectivity index (χ4n) is 1.73. The van der Waals surface area contributed by atoms with Gasteiger partial charge in [0.1, 0.15) is 5.69 Å². The van der Waals surface area contributed by atoms with Crippen LogP contribution in [0.15, 0.2) is 5.38 Å². The number of ether oxygens (including phenoxy) is 2. The first-order valence-electron chi connectivity index (χ1n) is 6.08. The molecule has 1 saturated heterocycles. The molecule has 1 fully saturated rings. The summed E-state index contributed by atoms with van der Waals surface area (Å²) >= 11 is 1.07. The number of rotatable bonds is 3. The Morgan fingerprint density at radius 3 is 3.20 bits per heavy atom. The van der Waals surface area contributed by atoms with E-state index in [2.05, 4.69) is 4.98 Å². The molecule has 0 aromatic carbocycles. The summed E-state index contributed by atoms with van der Waals surface area (Å²) < 4.78 is 9.99. The third kappa shape index (κ3) is 3.12. The van der Waals surface area contributed by atoms with Gasteiger partial charge in [-0.15, -0.1) is 11.3 Å². The molecule has 0 bridgehead atoms. The second-order valence-electron chi connectivity index (χ2n) is 4.00. The highest BCUT2D eigenvalue weighted by molar-refractivity contribution is 7.11. The van der Waals surface area contributed by atoms with Gasteiger partial charge in [-0.1, -0.05) is 0 Å². The number of nitriles is 1. The molecule has 0 spiro atoms. The molecule has 1 aliphatic heterocycles. The largest absolute Gasteiger partial charge is 0.461 e. The zero-order valence-electron chi connectivity index (χ0n) is 10.9. The van der Waals surface area contributed by atoms with Crippen LogP contribution in [-0.2, 0) is 9.47 Å². The summed E-state index contributed by atoms with van der Waals surface area (Å²) in [7, 11) is 0. The van der Waals surface area contributed by atoms with Gasteiger partial charge in [-0.05, 0) is 6.92 Å². The number of aromatic nitrogens is 1. The van der Waals surface area contributed by atoms with Crippen LogP contribution in [0.4, 0.5) is 0 Å². The van der Waals surface area contributed by atoms with Crippen molar-refractivity contribution >= 4 is 23.2 Å². The lowest BCUT2D eigenvalue weighted by Crippen LogP contribution is -2.45. The van der Waals surface area contributed by atoms with Crippen LogP contribution in [0.1, 0.15) is 27.2 Å². The van der Waals surface area contributed by atoms with Crippen molar-refractivity contribution in [3.8, 4) is 6.07 Å². The van der Waals surface area contributed by atoms with Crippen molar-refractivity contribution in [3.05, 3.63) is 16.1 Å². The lowest BCUT2D eigenvalue weighted by atomic mass is 10.2. The van der Waals surface area contributed by atoms with E-state index in [1.165, 1.54) is 10.3 Å². The van der Waals surface area contributed by atoms with Gasteiger partial charge in [-0.3, -0.25) is 4.79 Å². The van der Waals surface area contributed by atoms with E-state index in [1.54, 1.807) is 6.92 Å². The number of esters is 1. The lowest BCUT2D eigenvalue weighted by Gasteiger charge is -2.29. The highest BCUT2D eigenvalue weighted by atomic mass is 32.1. The van der Waals surface area contributed by atoms with Gasteiger partial charge >= 0.3 is 5.97 Å². The number of morpholine rings is 1. The van der Waals surface area contributed by atoms with Gasteiger partial charge in [0, 0.05) is 11.9 Å². The Labute approximate surface area is 119 Å². The monoisotopic (exact) mass is 295 g/mol. The zero-order chi connectivity index (χ0) is 14.5. The zero-order valence-corrected chi connectivity index (χ0v) is 11.7. The Morgan fingerprint density at radius 1 is 1.70 bits per heavy atom. The minimum absolute atomic E-state index is 0.153. The van der Waals surface area contributed by atoms with E-state index in [0.29, 0.717) is 13.2 Å². The first-order valence-corrected chi connectivity index (χ1v) is 6.96. The summed E-state index contributed by atoms with van der Waals surface area (Å²) in [4.78, 5) is 29.2. The quantitative estimate of drug-likeness (QED) is 0.761. The van der Waals surface area contributed by atoms with Crippen LogP contribution < -0.4 is 0 Å². The van der Waals surface area contributed by atoms with E-state index in [-0.39, 0.29) is 29.8 Å². The Balaban J connectivity index is 2.06. The fourth-order valence-corrected chi connectivity index (χ4v) is 2.42. The molecule has 1 atom stereocenters. The molecular weight excluding hydrogens is 282 g/mol. The average molecular weight is 295 g/mol. The molecule has 0 saturated carbocycles.